The van der Waals surface area contributed by atoms with Crippen molar-refractivity contribution in [2.24, 2.45) is 5.10 Å². The fourth-order valence-corrected chi connectivity index (χ4v) is 2.50. The van der Waals surface area contributed by atoms with Gasteiger partial charge in [-0.3, -0.25) is 4.79 Å². The molecule has 0 fully saturated rings. The second-order valence-electron chi connectivity index (χ2n) is 6.00. The van der Waals surface area contributed by atoms with Crippen LogP contribution in [0.5, 0.6) is 11.5 Å². The normalized spacial score (nSPS) is 11.7. The lowest BCUT2D eigenvalue weighted by molar-refractivity contribution is -0.123. The number of nitrogens with one attached hydrogen (secondary N) is 2. The smallest absolute Gasteiger partial charge is 0.407 e. The zero-order valence-electron chi connectivity index (χ0n) is 16.4. The maximum Gasteiger partial charge on any atom is 0.407 e. The van der Waals surface area contributed by atoms with Crippen LogP contribution in [0.15, 0.2) is 53.6 Å². The Balaban J connectivity index is 2.05. The molecule has 8 nitrogen and oxygen atoms in total. The van der Waals surface area contributed by atoms with Gasteiger partial charge >= 0.3 is 6.09 Å². The van der Waals surface area contributed by atoms with Gasteiger partial charge in [-0.15, -0.1) is 0 Å². The summed E-state index contributed by atoms with van der Waals surface area (Å²) in [6.45, 7) is 4.10. The molecule has 0 unspecified atom stereocenters. The van der Waals surface area contributed by atoms with Gasteiger partial charge in [0.2, 0.25) is 0 Å². The average molecular weight is 399 g/mol. The summed E-state index contributed by atoms with van der Waals surface area (Å²) in [5, 5.41) is 16.2. The van der Waals surface area contributed by atoms with Gasteiger partial charge in [-0.2, -0.15) is 5.10 Å². The summed E-state index contributed by atoms with van der Waals surface area (Å²) in [7, 11) is 0. The fraction of sp³-hybridized carbons (Fsp3) is 0.286. The van der Waals surface area contributed by atoms with Crippen molar-refractivity contribution in [2.45, 2.75) is 26.3 Å². The summed E-state index contributed by atoms with van der Waals surface area (Å²) in [5.74, 6) is -0.134. The Kier molecular flexibility index (Phi) is 8.50. The third-order valence-electron chi connectivity index (χ3n) is 3.84. The van der Waals surface area contributed by atoms with Gasteiger partial charge in [-0.05, 0) is 43.2 Å². The molecule has 0 aliphatic carbocycles. The number of hydrogen-bond donors (Lipinski definition) is 3. The van der Waals surface area contributed by atoms with Crippen LogP contribution in [0.25, 0.3) is 0 Å². The van der Waals surface area contributed by atoms with E-state index in [0.29, 0.717) is 17.9 Å². The average Bonchev–Trinajstić information content (AvgIpc) is 2.71. The molecule has 0 saturated carbocycles. The van der Waals surface area contributed by atoms with Crippen LogP contribution >= 0.6 is 0 Å². The topological polar surface area (TPSA) is 109 Å². The Labute approximate surface area is 169 Å². The van der Waals surface area contributed by atoms with Crippen molar-refractivity contribution in [3.8, 4) is 11.5 Å². The number of aromatic hydroxyl groups is 1. The van der Waals surface area contributed by atoms with E-state index in [1.165, 1.54) is 12.3 Å². The van der Waals surface area contributed by atoms with Gasteiger partial charge in [0, 0.05) is 6.42 Å². The van der Waals surface area contributed by atoms with E-state index in [4.69, 9.17) is 9.47 Å². The largest absolute Gasteiger partial charge is 0.504 e. The van der Waals surface area contributed by atoms with E-state index in [9.17, 15) is 14.7 Å². The van der Waals surface area contributed by atoms with Gasteiger partial charge in [0.15, 0.2) is 11.5 Å². The maximum absolute atomic E-state index is 12.5. The molecule has 8 heteroatoms. The lowest BCUT2D eigenvalue weighted by Crippen LogP contribution is -2.47. The van der Waals surface area contributed by atoms with E-state index in [1.54, 1.807) is 19.1 Å². The van der Waals surface area contributed by atoms with Crippen LogP contribution in [-0.4, -0.2) is 42.6 Å². The third-order valence-corrected chi connectivity index (χ3v) is 3.84. The first-order valence-electron chi connectivity index (χ1n) is 9.29. The number of rotatable bonds is 9. The van der Waals surface area contributed by atoms with Crippen molar-refractivity contribution in [1.82, 2.24) is 10.7 Å². The van der Waals surface area contributed by atoms with Crippen LogP contribution in [0.3, 0.4) is 0 Å². The quantitative estimate of drug-likeness (QED) is 0.444. The standard InChI is InChI=1S/C21H25N3O5/c1-3-28-19-13-16(10-11-18(19)25)14-22-24-20(26)17(23-21(27)29-4-2)12-15-8-6-5-7-9-15/h5-11,13-14,17,25H,3-4,12H2,1-2H3,(H,23,27)(H,24,26)/b22-14-/t17-/m1/s1. The molecule has 0 saturated heterocycles. The predicted molar refractivity (Wildman–Crippen MR) is 109 cm³/mol. The first-order chi connectivity index (χ1) is 14.0. The molecular formula is C21H25N3O5. The summed E-state index contributed by atoms with van der Waals surface area (Å²) in [4.78, 5) is 24.3. The van der Waals surface area contributed by atoms with Gasteiger partial charge in [-0.25, -0.2) is 10.2 Å². The molecule has 2 rings (SSSR count). The Hall–Kier alpha value is -3.55. The van der Waals surface area contributed by atoms with Crippen LogP contribution in [0.4, 0.5) is 4.79 Å². The van der Waals surface area contributed by atoms with Crippen molar-refractivity contribution >= 4 is 18.2 Å². The van der Waals surface area contributed by atoms with Crippen molar-refractivity contribution in [1.29, 1.82) is 0 Å². The van der Waals surface area contributed by atoms with Gasteiger partial charge < -0.3 is 19.9 Å². The lowest BCUT2D eigenvalue weighted by Gasteiger charge is -2.16. The van der Waals surface area contributed by atoms with Crippen LogP contribution in [0.2, 0.25) is 0 Å². The molecule has 0 aromatic heterocycles. The summed E-state index contributed by atoms with van der Waals surface area (Å²) in [6.07, 6.45) is 1.03. The van der Waals surface area contributed by atoms with Crippen molar-refractivity contribution in [3.63, 3.8) is 0 Å². The number of nitrogens with zero attached hydrogens (tertiary/aromatic N) is 1. The van der Waals surface area contributed by atoms with E-state index >= 15 is 0 Å². The van der Waals surface area contributed by atoms with Crippen molar-refractivity contribution in [3.05, 3.63) is 59.7 Å². The molecule has 0 aliphatic heterocycles. The number of hydrogen-bond acceptors (Lipinski definition) is 6. The zero-order valence-corrected chi connectivity index (χ0v) is 16.4. The summed E-state index contributed by atoms with van der Waals surface area (Å²) < 4.78 is 10.2. The second-order valence-corrected chi connectivity index (χ2v) is 6.00. The monoisotopic (exact) mass is 399 g/mol. The molecule has 3 N–H and O–H groups in total. The van der Waals surface area contributed by atoms with Crippen LogP contribution in [0, 0.1) is 0 Å². The summed E-state index contributed by atoms with van der Waals surface area (Å²) >= 11 is 0. The Morgan fingerprint density at radius 3 is 2.59 bits per heavy atom. The van der Waals surface area contributed by atoms with Crippen LogP contribution < -0.4 is 15.5 Å². The molecule has 2 amide bonds. The minimum absolute atomic E-state index is 0.0228. The number of carbonyl (C=O) groups is 2. The highest BCUT2D eigenvalue weighted by atomic mass is 16.5. The van der Waals surface area contributed by atoms with E-state index < -0.39 is 18.0 Å². The van der Waals surface area contributed by atoms with E-state index in [2.05, 4.69) is 15.8 Å². The molecule has 0 heterocycles. The van der Waals surface area contributed by atoms with Gasteiger partial charge in [0.1, 0.15) is 6.04 Å². The van der Waals surface area contributed by atoms with Crippen LogP contribution in [-0.2, 0) is 16.0 Å². The Bertz CT molecular complexity index is 839. The number of phenols is 1. The number of hydrazone groups is 1. The molecule has 0 spiro atoms. The van der Waals surface area contributed by atoms with Crippen molar-refractivity contribution < 1.29 is 24.2 Å². The number of benzene rings is 2. The van der Waals surface area contributed by atoms with Gasteiger partial charge in [0.25, 0.3) is 5.91 Å². The van der Waals surface area contributed by atoms with E-state index in [0.717, 1.165) is 5.56 Å². The Morgan fingerprint density at radius 1 is 1.14 bits per heavy atom. The minimum Gasteiger partial charge on any atom is -0.504 e. The SMILES string of the molecule is CCOC(=O)N[C@H](Cc1ccccc1)C(=O)N/N=C\c1ccc(O)c(OCC)c1. The highest BCUT2D eigenvalue weighted by Crippen LogP contribution is 2.26. The third kappa shape index (κ3) is 7.17. The fourth-order valence-electron chi connectivity index (χ4n) is 2.50. The van der Waals surface area contributed by atoms with E-state index in [-0.39, 0.29) is 18.8 Å². The summed E-state index contributed by atoms with van der Waals surface area (Å²) in [6, 6.07) is 13.2. The number of amides is 2. The molecule has 29 heavy (non-hydrogen) atoms. The first-order valence-corrected chi connectivity index (χ1v) is 9.29. The summed E-state index contributed by atoms with van der Waals surface area (Å²) in [5.41, 5.74) is 3.93. The molecule has 0 aliphatic rings. The van der Waals surface area contributed by atoms with Gasteiger partial charge in [0.05, 0.1) is 19.4 Å². The maximum atomic E-state index is 12.5. The number of phenolic OH excluding ortho intramolecular Hbond substituents is 1. The molecular weight excluding hydrogens is 374 g/mol. The van der Waals surface area contributed by atoms with E-state index in [1.807, 2.05) is 37.3 Å². The zero-order chi connectivity index (χ0) is 21.1. The first kappa shape index (κ1) is 21.7. The van der Waals surface area contributed by atoms with Crippen LogP contribution in [0.1, 0.15) is 25.0 Å². The molecule has 0 radical (unpaired) electrons. The minimum atomic E-state index is -0.854. The molecule has 154 valence electrons. The van der Waals surface area contributed by atoms with Gasteiger partial charge in [-0.1, -0.05) is 30.3 Å². The number of ether oxygens (including phenoxy) is 2. The molecule has 0 bridgehead atoms. The number of alkyl carbamates (subject to hydrolysis) is 1. The predicted octanol–water partition coefficient (Wildman–Crippen LogP) is 2.60. The highest BCUT2D eigenvalue weighted by Gasteiger charge is 2.21. The second kappa shape index (κ2) is 11.3. The number of carbonyl (C=O) groups excluding carboxylic acids is 2. The lowest BCUT2D eigenvalue weighted by atomic mass is 10.1. The van der Waals surface area contributed by atoms with Crippen molar-refractivity contribution in [2.75, 3.05) is 13.2 Å². The molecule has 2 aromatic rings. The highest BCUT2D eigenvalue weighted by molar-refractivity contribution is 5.87. The Morgan fingerprint density at radius 2 is 1.90 bits per heavy atom. The molecule has 1 atom stereocenters. The molecule has 2 aromatic carbocycles.